The standard InChI is InChI=1S/C7H14O2/c1-4-6-9-7(3,8)5-2/h4,8H,1,5-6H2,2-3H3. The highest BCUT2D eigenvalue weighted by Crippen LogP contribution is 2.08. The Bertz CT molecular complexity index is 86.9. The SMILES string of the molecule is C=CCOC(C)(O)CC. The van der Waals surface area contributed by atoms with E-state index in [-0.39, 0.29) is 0 Å². The maximum absolute atomic E-state index is 9.18. The average Bonchev–Trinajstić information content (AvgIpc) is 1.84. The van der Waals surface area contributed by atoms with Gasteiger partial charge in [-0.15, -0.1) is 6.58 Å². The molecule has 0 aromatic carbocycles. The summed E-state index contributed by atoms with van der Waals surface area (Å²) in [5.74, 6) is -0.978. The Hall–Kier alpha value is -0.340. The Labute approximate surface area is 56.1 Å². The van der Waals surface area contributed by atoms with Crippen LogP contribution in [-0.4, -0.2) is 17.5 Å². The first-order chi connectivity index (χ1) is 4.12. The van der Waals surface area contributed by atoms with Crippen molar-refractivity contribution in [1.82, 2.24) is 0 Å². The van der Waals surface area contributed by atoms with Gasteiger partial charge in [-0.2, -0.15) is 0 Å². The molecule has 0 spiro atoms. The van der Waals surface area contributed by atoms with Crippen LogP contribution in [0, 0.1) is 0 Å². The Morgan fingerprint density at radius 3 is 2.67 bits per heavy atom. The maximum atomic E-state index is 9.18. The topological polar surface area (TPSA) is 29.5 Å². The van der Waals surface area contributed by atoms with Gasteiger partial charge in [-0.25, -0.2) is 0 Å². The zero-order valence-electron chi connectivity index (χ0n) is 6.05. The fraction of sp³-hybridized carbons (Fsp3) is 0.714. The Morgan fingerprint density at radius 1 is 1.78 bits per heavy atom. The molecule has 0 heterocycles. The minimum absolute atomic E-state index is 0.404. The van der Waals surface area contributed by atoms with Crippen LogP contribution >= 0.6 is 0 Å². The van der Waals surface area contributed by atoms with Gasteiger partial charge in [0, 0.05) is 0 Å². The van der Waals surface area contributed by atoms with Crippen LogP contribution in [0.3, 0.4) is 0 Å². The van der Waals surface area contributed by atoms with E-state index >= 15 is 0 Å². The van der Waals surface area contributed by atoms with E-state index < -0.39 is 5.79 Å². The van der Waals surface area contributed by atoms with Gasteiger partial charge in [-0.3, -0.25) is 0 Å². The van der Waals surface area contributed by atoms with Crippen molar-refractivity contribution in [2.75, 3.05) is 6.61 Å². The third-order valence-electron chi connectivity index (χ3n) is 1.17. The predicted molar refractivity (Wildman–Crippen MR) is 37.1 cm³/mol. The summed E-state index contributed by atoms with van der Waals surface area (Å²) in [4.78, 5) is 0. The van der Waals surface area contributed by atoms with Gasteiger partial charge in [0.2, 0.25) is 0 Å². The van der Waals surface area contributed by atoms with E-state index in [0.717, 1.165) is 0 Å². The van der Waals surface area contributed by atoms with Gasteiger partial charge in [0.05, 0.1) is 6.61 Å². The Balaban J connectivity index is 3.44. The summed E-state index contributed by atoms with van der Waals surface area (Å²) < 4.78 is 4.97. The Kier molecular flexibility index (Phi) is 3.50. The molecule has 0 radical (unpaired) electrons. The van der Waals surface area contributed by atoms with Crippen LogP contribution in [0.4, 0.5) is 0 Å². The summed E-state index contributed by atoms with van der Waals surface area (Å²) in [7, 11) is 0. The molecule has 1 N–H and O–H groups in total. The molecule has 2 heteroatoms. The van der Waals surface area contributed by atoms with Crippen LogP contribution in [0.15, 0.2) is 12.7 Å². The van der Waals surface area contributed by atoms with Crippen molar-refractivity contribution in [3.8, 4) is 0 Å². The fourth-order valence-electron chi connectivity index (χ4n) is 0.341. The molecule has 0 aliphatic heterocycles. The van der Waals surface area contributed by atoms with E-state index in [4.69, 9.17) is 4.74 Å². The monoisotopic (exact) mass is 130 g/mol. The molecule has 9 heavy (non-hydrogen) atoms. The van der Waals surface area contributed by atoms with Crippen LogP contribution in [-0.2, 0) is 4.74 Å². The molecular weight excluding hydrogens is 116 g/mol. The molecule has 2 nitrogen and oxygen atoms in total. The van der Waals surface area contributed by atoms with Gasteiger partial charge in [-0.1, -0.05) is 13.0 Å². The van der Waals surface area contributed by atoms with E-state index in [1.165, 1.54) is 0 Å². The second kappa shape index (κ2) is 3.64. The van der Waals surface area contributed by atoms with E-state index in [9.17, 15) is 5.11 Å². The number of aliphatic hydroxyl groups is 1. The number of ether oxygens (including phenoxy) is 1. The highest BCUT2D eigenvalue weighted by molar-refractivity contribution is 4.67. The van der Waals surface area contributed by atoms with Crippen LogP contribution < -0.4 is 0 Å². The van der Waals surface area contributed by atoms with Crippen molar-refractivity contribution in [3.63, 3.8) is 0 Å². The van der Waals surface area contributed by atoms with E-state index in [1.54, 1.807) is 13.0 Å². The second-order valence-electron chi connectivity index (χ2n) is 2.13. The van der Waals surface area contributed by atoms with Crippen molar-refractivity contribution in [2.45, 2.75) is 26.1 Å². The molecule has 0 aliphatic carbocycles. The van der Waals surface area contributed by atoms with Gasteiger partial charge in [0.15, 0.2) is 5.79 Å². The minimum Gasteiger partial charge on any atom is -0.366 e. The maximum Gasteiger partial charge on any atom is 0.162 e. The first kappa shape index (κ1) is 8.66. The van der Waals surface area contributed by atoms with E-state index in [0.29, 0.717) is 13.0 Å². The lowest BCUT2D eigenvalue weighted by Gasteiger charge is -2.20. The zero-order chi connectivity index (χ0) is 7.33. The molecule has 0 aliphatic rings. The molecule has 0 aromatic heterocycles. The molecule has 1 atom stereocenters. The van der Waals surface area contributed by atoms with Crippen LogP contribution in [0.2, 0.25) is 0 Å². The van der Waals surface area contributed by atoms with Gasteiger partial charge in [0.25, 0.3) is 0 Å². The quantitative estimate of drug-likeness (QED) is 0.459. The minimum atomic E-state index is -0.978. The molecule has 1 unspecified atom stereocenters. The van der Waals surface area contributed by atoms with Gasteiger partial charge < -0.3 is 9.84 Å². The highest BCUT2D eigenvalue weighted by Gasteiger charge is 2.15. The molecule has 0 fully saturated rings. The lowest BCUT2D eigenvalue weighted by atomic mass is 10.2. The third kappa shape index (κ3) is 4.18. The normalized spacial score (nSPS) is 16.8. The molecular formula is C7H14O2. The summed E-state index contributed by atoms with van der Waals surface area (Å²) in [5, 5.41) is 9.18. The first-order valence-corrected chi connectivity index (χ1v) is 3.09. The molecule has 0 aromatic rings. The van der Waals surface area contributed by atoms with Crippen LogP contribution in [0.1, 0.15) is 20.3 Å². The molecule has 0 saturated carbocycles. The lowest BCUT2D eigenvalue weighted by molar-refractivity contribution is -0.183. The smallest absolute Gasteiger partial charge is 0.162 e. The van der Waals surface area contributed by atoms with Crippen LogP contribution in [0.5, 0.6) is 0 Å². The summed E-state index contributed by atoms with van der Waals surface area (Å²) in [6.45, 7) is 7.37. The summed E-state index contributed by atoms with van der Waals surface area (Å²) >= 11 is 0. The Morgan fingerprint density at radius 2 is 2.33 bits per heavy atom. The van der Waals surface area contributed by atoms with Gasteiger partial charge in [-0.05, 0) is 13.3 Å². The lowest BCUT2D eigenvalue weighted by Crippen LogP contribution is -2.26. The largest absolute Gasteiger partial charge is 0.366 e. The van der Waals surface area contributed by atoms with Crippen molar-refractivity contribution in [1.29, 1.82) is 0 Å². The third-order valence-corrected chi connectivity index (χ3v) is 1.17. The van der Waals surface area contributed by atoms with E-state index in [2.05, 4.69) is 6.58 Å². The fourth-order valence-corrected chi connectivity index (χ4v) is 0.341. The predicted octanol–water partition coefficient (Wildman–Crippen LogP) is 1.31. The van der Waals surface area contributed by atoms with E-state index in [1.807, 2.05) is 6.92 Å². The molecule has 54 valence electrons. The summed E-state index contributed by atoms with van der Waals surface area (Å²) in [6, 6.07) is 0. The average molecular weight is 130 g/mol. The van der Waals surface area contributed by atoms with Crippen molar-refractivity contribution in [2.24, 2.45) is 0 Å². The second-order valence-corrected chi connectivity index (χ2v) is 2.13. The molecule has 0 amide bonds. The highest BCUT2D eigenvalue weighted by atomic mass is 16.6. The number of hydrogen-bond acceptors (Lipinski definition) is 2. The summed E-state index contributed by atoms with van der Waals surface area (Å²) in [5.41, 5.74) is 0. The number of hydrogen-bond donors (Lipinski definition) is 1. The van der Waals surface area contributed by atoms with Crippen molar-refractivity contribution in [3.05, 3.63) is 12.7 Å². The van der Waals surface area contributed by atoms with Crippen molar-refractivity contribution >= 4 is 0 Å². The van der Waals surface area contributed by atoms with Crippen LogP contribution in [0.25, 0.3) is 0 Å². The molecule has 0 saturated heterocycles. The van der Waals surface area contributed by atoms with Gasteiger partial charge >= 0.3 is 0 Å². The van der Waals surface area contributed by atoms with Gasteiger partial charge in [0.1, 0.15) is 0 Å². The number of rotatable bonds is 4. The molecule has 0 rings (SSSR count). The zero-order valence-corrected chi connectivity index (χ0v) is 6.05. The molecule has 0 bridgehead atoms. The first-order valence-electron chi connectivity index (χ1n) is 3.09. The summed E-state index contributed by atoms with van der Waals surface area (Å²) in [6.07, 6.45) is 2.21. The van der Waals surface area contributed by atoms with Crippen molar-refractivity contribution < 1.29 is 9.84 Å².